The fourth-order valence-electron chi connectivity index (χ4n) is 5.60. The lowest BCUT2D eigenvalue weighted by Gasteiger charge is -2.35. The minimum absolute atomic E-state index is 0.0575. The number of aliphatic hydroxyl groups excluding tert-OH is 1. The first-order valence-corrected chi connectivity index (χ1v) is 12.5. The van der Waals surface area contributed by atoms with Crippen molar-refractivity contribution in [2.24, 2.45) is 11.8 Å². The third-order valence-corrected chi connectivity index (χ3v) is 7.40. The molecule has 0 spiro atoms. The van der Waals surface area contributed by atoms with Gasteiger partial charge in [-0.1, -0.05) is 42.8 Å². The summed E-state index contributed by atoms with van der Waals surface area (Å²) in [4.78, 5) is 13.0. The molecular weight excluding hydrogens is 398 g/mol. The average Bonchev–Trinajstić information content (AvgIpc) is 3.45. The molecule has 1 N–H and O–H groups in total. The quantitative estimate of drug-likeness (QED) is 0.443. The molecule has 0 radical (unpaired) electrons. The predicted octanol–water partition coefficient (Wildman–Crippen LogP) is 6.38. The number of hydrogen-bond donors (Lipinski definition) is 1. The molecule has 2 aromatic rings. The number of aryl methyl sites for hydroxylation is 2. The van der Waals surface area contributed by atoms with E-state index in [9.17, 15) is 9.90 Å². The first-order chi connectivity index (χ1) is 15.4. The van der Waals surface area contributed by atoms with E-state index in [-0.39, 0.29) is 18.3 Å². The van der Waals surface area contributed by atoms with Crippen LogP contribution < -0.4 is 0 Å². The maximum Gasteiger partial charge on any atom is 0.143 e. The summed E-state index contributed by atoms with van der Waals surface area (Å²) >= 11 is 0. The van der Waals surface area contributed by atoms with Crippen LogP contribution in [-0.2, 0) is 11.2 Å². The van der Waals surface area contributed by atoms with Crippen molar-refractivity contribution in [3.05, 3.63) is 51.9 Å². The fraction of sp³-hybridized carbons (Fsp3) is 0.643. The third-order valence-electron chi connectivity index (χ3n) is 7.40. The highest BCUT2D eigenvalue weighted by Crippen LogP contribution is 2.52. The van der Waals surface area contributed by atoms with Gasteiger partial charge in [-0.15, -0.1) is 0 Å². The topological polar surface area (TPSA) is 63.3 Å². The Bertz CT molecular complexity index is 934. The molecular formula is C28H39NO3. The van der Waals surface area contributed by atoms with Crippen LogP contribution in [-0.4, -0.2) is 22.7 Å². The Labute approximate surface area is 192 Å². The van der Waals surface area contributed by atoms with Crippen molar-refractivity contribution in [2.75, 3.05) is 6.61 Å². The van der Waals surface area contributed by atoms with Gasteiger partial charge in [0.2, 0.25) is 0 Å². The van der Waals surface area contributed by atoms with Crippen LogP contribution in [0.1, 0.15) is 110 Å². The normalized spacial score (nSPS) is 21.6. The first-order valence-electron chi connectivity index (χ1n) is 12.5. The van der Waals surface area contributed by atoms with Crippen LogP contribution in [0, 0.1) is 25.7 Å². The molecule has 2 saturated carbocycles. The van der Waals surface area contributed by atoms with E-state index in [1.54, 1.807) is 0 Å². The van der Waals surface area contributed by atoms with Crippen LogP contribution in [0.15, 0.2) is 22.7 Å². The van der Waals surface area contributed by atoms with Gasteiger partial charge in [-0.2, -0.15) is 0 Å². The minimum atomic E-state index is -0.0575. The molecule has 0 bridgehead atoms. The van der Waals surface area contributed by atoms with Gasteiger partial charge in [0.15, 0.2) is 0 Å². The number of carbonyl (C=O) groups is 1. The molecule has 1 aromatic carbocycles. The van der Waals surface area contributed by atoms with Gasteiger partial charge in [-0.05, 0) is 81.3 Å². The molecule has 2 fully saturated rings. The van der Waals surface area contributed by atoms with Gasteiger partial charge in [0, 0.05) is 36.8 Å². The second kappa shape index (κ2) is 9.91. The van der Waals surface area contributed by atoms with E-state index < -0.39 is 0 Å². The standard InChI is InChI=1S/C28H39NO3/c1-17(2)11-20-13-24(14-20)28-26(21-7-8-21)27(29-32-28)23(9-10-30)16-25(31)15-22-6-5-18(3)12-19(22)4/h5-6,12,17,20-21,23-24,30H,7-11,13-16H2,1-4H3. The zero-order valence-corrected chi connectivity index (χ0v) is 20.2. The number of carbonyl (C=O) groups excluding carboxylic acids is 1. The Morgan fingerprint density at radius 1 is 1.19 bits per heavy atom. The van der Waals surface area contributed by atoms with Crippen molar-refractivity contribution in [1.82, 2.24) is 5.16 Å². The van der Waals surface area contributed by atoms with Crippen LogP contribution in [0.25, 0.3) is 0 Å². The average molecular weight is 438 g/mol. The van der Waals surface area contributed by atoms with Crippen molar-refractivity contribution < 1.29 is 14.4 Å². The minimum Gasteiger partial charge on any atom is -0.396 e. The molecule has 0 amide bonds. The Balaban J connectivity index is 1.48. The molecule has 4 heteroatoms. The second-order valence-corrected chi connectivity index (χ2v) is 10.8. The van der Waals surface area contributed by atoms with E-state index in [0.29, 0.717) is 31.1 Å². The molecule has 1 heterocycles. The molecule has 1 atom stereocenters. The summed E-state index contributed by atoms with van der Waals surface area (Å²) in [5.74, 6) is 3.80. The van der Waals surface area contributed by atoms with E-state index in [1.165, 1.54) is 48.8 Å². The summed E-state index contributed by atoms with van der Waals surface area (Å²) in [5.41, 5.74) is 5.72. The largest absolute Gasteiger partial charge is 0.396 e. The Morgan fingerprint density at radius 2 is 1.94 bits per heavy atom. The maximum atomic E-state index is 13.0. The molecule has 1 unspecified atom stereocenters. The van der Waals surface area contributed by atoms with Crippen molar-refractivity contribution in [3.8, 4) is 0 Å². The molecule has 4 nitrogen and oxygen atoms in total. The Kier molecular flexibility index (Phi) is 7.19. The van der Waals surface area contributed by atoms with Crippen molar-refractivity contribution in [1.29, 1.82) is 0 Å². The number of hydrogen-bond acceptors (Lipinski definition) is 4. The number of rotatable bonds is 11. The lowest BCUT2D eigenvalue weighted by Crippen LogP contribution is -2.23. The summed E-state index contributed by atoms with van der Waals surface area (Å²) in [7, 11) is 0. The van der Waals surface area contributed by atoms with Gasteiger partial charge in [-0.3, -0.25) is 4.79 Å². The van der Waals surface area contributed by atoms with Crippen LogP contribution in [0.4, 0.5) is 0 Å². The third kappa shape index (κ3) is 5.33. The molecule has 0 saturated heterocycles. The lowest BCUT2D eigenvalue weighted by molar-refractivity contribution is -0.118. The molecule has 0 aliphatic heterocycles. The monoisotopic (exact) mass is 437 g/mol. The molecule has 2 aliphatic rings. The number of ketones is 1. The highest BCUT2D eigenvalue weighted by Gasteiger charge is 2.41. The van der Waals surface area contributed by atoms with Crippen LogP contribution in [0.5, 0.6) is 0 Å². The van der Waals surface area contributed by atoms with E-state index in [2.05, 4.69) is 51.1 Å². The highest BCUT2D eigenvalue weighted by molar-refractivity contribution is 5.82. The van der Waals surface area contributed by atoms with E-state index in [0.717, 1.165) is 28.9 Å². The molecule has 1 aromatic heterocycles. The smallest absolute Gasteiger partial charge is 0.143 e. The number of aromatic nitrogens is 1. The Hall–Kier alpha value is -1.94. The summed E-state index contributed by atoms with van der Waals surface area (Å²) in [6.07, 6.45) is 7.47. The fourth-order valence-corrected chi connectivity index (χ4v) is 5.60. The molecule has 2 aliphatic carbocycles. The lowest BCUT2D eigenvalue weighted by atomic mass is 9.69. The van der Waals surface area contributed by atoms with Gasteiger partial charge in [0.25, 0.3) is 0 Å². The van der Waals surface area contributed by atoms with Gasteiger partial charge in [-0.25, -0.2) is 0 Å². The van der Waals surface area contributed by atoms with E-state index >= 15 is 0 Å². The molecule has 4 rings (SSSR count). The zero-order valence-electron chi connectivity index (χ0n) is 20.2. The number of nitrogens with zero attached hydrogens (tertiary/aromatic N) is 1. The van der Waals surface area contributed by atoms with E-state index in [1.807, 2.05) is 0 Å². The Morgan fingerprint density at radius 3 is 2.56 bits per heavy atom. The first kappa shape index (κ1) is 23.2. The number of Topliss-reactive ketones (excluding diaryl/α,β-unsaturated/α-hetero) is 1. The van der Waals surface area contributed by atoms with Crippen molar-refractivity contribution in [2.45, 2.75) is 96.8 Å². The van der Waals surface area contributed by atoms with Crippen LogP contribution in [0.3, 0.4) is 0 Å². The second-order valence-electron chi connectivity index (χ2n) is 10.8. The predicted molar refractivity (Wildman–Crippen MR) is 127 cm³/mol. The van der Waals surface area contributed by atoms with Crippen molar-refractivity contribution in [3.63, 3.8) is 0 Å². The summed E-state index contributed by atoms with van der Waals surface area (Å²) in [6, 6.07) is 6.27. The van der Waals surface area contributed by atoms with Gasteiger partial charge < -0.3 is 9.63 Å². The summed E-state index contributed by atoms with van der Waals surface area (Å²) in [5, 5.41) is 14.3. The van der Waals surface area contributed by atoms with Gasteiger partial charge in [0.1, 0.15) is 11.5 Å². The maximum absolute atomic E-state index is 13.0. The summed E-state index contributed by atoms with van der Waals surface area (Å²) < 4.78 is 5.97. The highest BCUT2D eigenvalue weighted by atomic mass is 16.5. The van der Waals surface area contributed by atoms with Crippen LogP contribution in [0.2, 0.25) is 0 Å². The van der Waals surface area contributed by atoms with Crippen LogP contribution >= 0.6 is 0 Å². The van der Waals surface area contributed by atoms with Gasteiger partial charge >= 0.3 is 0 Å². The number of aliphatic hydroxyl groups is 1. The zero-order chi connectivity index (χ0) is 22.8. The van der Waals surface area contributed by atoms with E-state index in [4.69, 9.17) is 4.52 Å². The van der Waals surface area contributed by atoms with Gasteiger partial charge in [0.05, 0.1) is 5.69 Å². The molecule has 32 heavy (non-hydrogen) atoms. The van der Waals surface area contributed by atoms with Crippen molar-refractivity contribution >= 4 is 5.78 Å². The molecule has 174 valence electrons. The number of benzene rings is 1. The SMILES string of the molecule is Cc1ccc(CC(=O)CC(CCO)c2noc(C3CC(CC(C)C)C3)c2C2CC2)c(C)c1. The summed E-state index contributed by atoms with van der Waals surface area (Å²) in [6.45, 7) is 8.80.